The van der Waals surface area contributed by atoms with Crippen LogP contribution in [0.4, 0.5) is 4.79 Å². The molecule has 0 aliphatic heterocycles. The molecule has 19 heavy (non-hydrogen) atoms. The number of nitrogens with zero attached hydrogens (tertiary/aromatic N) is 1. The zero-order chi connectivity index (χ0) is 14.3. The first kappa shape index (κ1) is 15.8. The van der Waals surface area contributed by atoms with E-state index in [1.165, 1.54) is 0 Å². The van der Waals surface area contributed by atoms with Gasteiger partial charge in [0.15, 0.2) is 0 Å². The monoisotopic (exact) mass is 271 g/mol. The molecular formula is C14H25NO4. The number of ether oxygens (including phenoxy) is 2. The lowest BCUT2D eigenvalue weighted by atomic mass is 9.80. The third-order valence-electron chi connectivity index (χ3n) is 3.66. The first-order valence-electron chi connectivity index (χ1n) is 7.24. The lowest BCUT2D eigenvalue weighted by molar-refractivity contribution is -0.159. The van der Waals surface area contributed by atoms with Crippen molar-refractivity contribution in [3.8, 4) is 0 Å². The smallest absolute Gasteiger partial charge is 0.410 e. The fourth-order valence-electron chi connectivity index (χ4n) is 2.79. The van der Waals surface area contributed by atoms with Gasteiger partial charge in [0.05, 0.1) is 13.2 Å². The molecule has 1 aliphatic rings. The Kier molecular flexibility index (Phi) is 6.12. The highest BCUT2D eigenvalue weighted by molar-refractivity contribution is 5.86. The molecule has 0 saturated heterocycles. The predicted molar refractivity (Wildman–Crippen MR) is 71.9 cm³/mol. The van der Waals surface area contributed by atoms with Crippen LogP contribution in [0.15, 0.2) is 0 Å². The van der Waals surface area contributed by atoms with Crippen molar-refractivity contribution in [2.24, 2.45) is 0 Å². The number of amides is 1. The van der Waals surface area contributed by atoms with Gasteiger partial charge in [0.1, 0.15) is 5.54 Å². The Morgan fingerprint density at radius 1 is 1.00 bits per heavy atom. The summed E-state index contributed by atoms with van der Waals surface area (Å²) in [6.45, 7) is 6.53. The van der Waals surface area contributed by atoms with Gasteiger partial charge in [-0.2, -0.15) is 0 Å². The molecule has 0 bridgehead atoms. The second-order valence-electron chi connectivity index (χ2n) is 4.76. The maximum atomic E-state index is 12.4. The van der Waals surface area contributed by atoms with Gasteiger partial charge in [-0.25, -0.2) is 9.59 Å². The van der Waals surface area contributed by atoms with Crippen molar-refractivity contribution in [2.75, 3.05) is 19.8 Å². The van der Waals surface area contributed by atoms with Crippen LogP contribution in [0.2, 0.25) is 0 Å². The fourth-order valence-corrected chi connectivity index (χ4v) is 2.79. The summed E-state index contributed by atoms with van der Waals surface area (Å²) in [5.41, 5.74) is -0.824. The van der Waals surface area contributed by atoms with E-state index >= 15 is 0 Å². The Morgan fingerprint density at radius 3 is 2.05 bits per heavy atom. The fraction of sp³-hybridized carbons (Fsp3) is 0.857. The third-order valence-corrected chi connectivity index (χ3v) is 3.66. The summed E-state index contributed by atoms with van der Waals surface area (Å²) in [6, 6.07) is 0. The summed E-state index contributed by atoms with van der Waals surface area (Å²) in [6.07, 6.45) is 3.89. The highest BCUT2D eigenvalue weighted by atomic mass is 16.6. The van der Waals surface area contributed by atoms with Crippen molar-refractivity contribution < 1.29 is 19.1 Å². The largest absolute Gasteiger partial charge is 0.464 e. The lowest BCUT2D eigenvalue weighted by Gasteiger charge is -2.42. The standard InChI is InChI=1S/C14H25NO4/c1-4-15(13(17)19-6-3)14(12(16)18-5-2)10-8-7-9-11-14/h4-11H2,1-3H3. The van der Waals surface area contributed by atoms with Crippen LogP contribution < -0.4 is 0 Å². The van der Waals surface area contributed by atoms with E-state index in [0.29, 0.717) is 32.6 Å². The molecule has 0 heterocycles. The minimum Gasteiger partial charge on any atom is -0.464 e. The average molecular weight is 271 g/mol. The van der Waals surface area contributed by atoms with Crippen LogP contribution in [0.3, 0.4) is 0 Å². The van der Waals surface area contributed by atoms with Crippen molar-refractivity contribution >= 4 is 12.1 Å². The van der Waals surface area contributed by atoms with Crippen LogP contribution in [0.25, 0.3) is 0 Å². The van der Waals surface area contributed by atoms with Gasteiger partial charge in [-0.05, 0) is 33.6 Å². The Morgan fingerprint density at radius 2 is 1.58 bits per heavy atom. The molecule has 1 aliphatic carbocycles. The molecule has 1 fully saturated rings. The molecule has 0 aromatic carbocycles. The minimum atomic E-state index is -0.824. The minimum absolute atomic E-state index is 0.287. The van der Waals surface area contributed by atoms with E-state index in [-0.39, 0.29) is 5.97 Å². The van der Waals surface area contributed by atoms with Crippen molar-refractivity contribution in [1.82, 2.24) is 4.90 Å². The second-order valence-corrected chi connectivity index (χ2v) is 4.76. The predicted octanol–water partition coefficient (Wildman–Crippen LogP) is 2.73. The molecule has 1 amide bonds. The molecule has 5 nitrogen and oxygen atoms in total. The SMILES string of the molecule is CCOC(=O)N(CC)C1(C(=O)OCC)CCCCC1. The quantitative estimate of drug-likeness (QED) is 0.721. The van der Waals surface area contributed by atoms with Crippen molar-refractivity contribution in [3.05, 3.63) is 0 Å². The summed E-state index contributed by atoms with van der Waals surface area (Å²) in [4.78, 5) is 26.0. The van der Waals surface area contributed by atoms with Crippen LogP contribution in [0.1, 0.15) is 52.9 Å². The van der Waals surface area contributed by atoms with Gasteiger partial charge in [0.25, 0.3) is 0 Å². The summed E-state index contributed by atoms with van der Waals surface area (Å²) in [5, 5.41) is 0. The van der Waals surface area contributed by atoms with Crippen LogP contribution in [-0.2, 0) is 14.3 Å². The number of carbonyl (C=O) groups excluding carboxylic acids is 2. The highest BCUT2D eigenvalue weighted by Crippen LogP contribution is 2.35. The number of esters is 1. The normalized spacial score (nSPS) is 17.6. The highest BCUT2D eigenvalue weighted by Gasteiger charge is 2.48. The molecule has 1 rings (SSSR count). The van der Waals surface area contributed by atoms with Gasteiger partial charge >= 0.3 is 12.1 Å². The van der Waals surface area contributed by atoms with Crippen LogP contribution in [0, 0.1) is 0 Å². The summed E-state index contributed by atoms with van der Waals surface area (Å²) < 4.78 is 10.3. The Bertz CT molecular complexity index is 311. The van der Waals surface area contributed by atoms with Crippen molar-refractivity contribution in [2.45, 2.75) is 58.4 Å². The molecule has 0 atom stereocenters. The number of hydrogen-bond donors (Lipinski definition) is 0. The summed E-state index contributed by atoms with van der Waals surface area (Å²) >= 11 is 0. The maximum absolute atomic E-state index is 12.4. The van der Waals surface area contributed by atoms with Gasteiger partial charge in [0, 0.05) is 6.54 Å². The second kappa shape index (κ2) is 7.36. The van der Waals surface area contributed by atoms with Gasteiger partial charge in [0.2, 0.25) is 0 Å². The van der Waals surface area contributed by atoms with E-state index in [1.54, 1.807) is 18.7 Å². The molecular weight excluding hydrogens is 246 g/mol. The zero-order valence-corrected chi connectivity index (χ0v) is 12.2. The molecule has 0 aromatic heterocycles. The third kappa shape index (κ3) is 3.39. The molecule has 5 heteroatoms. The number of rotatable bonds is 5. The Balaban J connectivity index is 2.99. The number of carbonyl (C=O) groups is 2. The first-order chi connectivity index (χ1) is 9.12. The van der Waals surface area contributed by atoms with E-state index in [1.807, 2.05) is 6.92 Å². The van der Waals surface area contributed by atoms with E-state index in [2.05, 4.69) is 0 Å². The summed E-state index contributed by atoms with van der Waals surface area (Å²) in [7, 11) is 0. The molecule has 0 N–H and O–H groups in total. The topological polar surface area (TPSA) is 55.8 Å². The van der Waals surface area contributed by atoms with Crippen molar-refractivity contribution in [3.63, 3.8) is 0 Å². The van der Waals surface area contributed by atoms with E-state index < -0.39 is 11.6 Å². The average Bonchev–Trinajstić information content (AvgIpc) is 2.41. The molecule has 0 radical (unpaired) electrons. The Labute approximate surface area is 115 Å². The first-order valence-corrected chi connectivity index (χ1v) is 7.24. The van der Waals surface area contributed by atoms with Crippen LogP contribution in [0.5, 0.6) is 0 Å². The number of hydrogen-bond acceptors (Lipinski definition) is 4. The van der Waals surface area contributed by atoms with Crippen LogP contribution in [-0.4, -0.2) is 42.3 Å². The maximum Gasteiger partial charge on any atom is 0.410 e. The molecule has 0 unspecified atom stereocenters. The van der Waals surface area contributed by atoms with Crippen LogP contribution >= 0.6 is 0 Å². The lowest BCUT2D eigenvalue weighted by Crippen LogP contribution is -2.58. The number of likely N-dealkylation sites (N-methyl/N-ethyl adjacent to an activating group) is 1. The molecule has 0 spiro atoms. The van der Waals surface area contributed by atoms with E-state index in [0.717, 1.165) is 19.3 Å². The van der Waals surface area contributed by atoms with E-state index in [4.69, 9.17) is 9.47 Å². The molecule has 110 valence electrons. The Hall–Kier alpha value is -1.26. The van der Waals surface area contributed by atoms with E-state index in [9.17, 15) is 9.59 Å². The molecule has 0 aromatic rings. The van der Waals surface area contributed by atoms with Crippen molar-refractivity contribution in [1.29, 1.82) is 0 Å². The van der Waals surface area contributed by atoms with Gasteiger partial charge < -0.3 is 9.47 Å². The molecule has 1 saturated carbocycles. The van der Waals surface area contributed by atoms with Gasteiger partial charge in [-0.1, -0.05) is 19.3 Å². The van der Waals surface area contributed by atoms with Gasteiger partial charge in [-0.3, -0.25) is 4.90 Å². The van der Waals surface area contributed by atoms with Gasteiger partial charge in [-0.15, -0.1) is 0 Å². The zero-order valence-electron chi connectivity index (χ0n) is 12.2. The summed E-state index contributed by atoms with van der Waals surface area (Å²) in [5.74, 6) is -0.287.